The number of aldehydes is 1. The minimum Gasteiger partial charge on any atom is -0.494 e. The van der Waals surface area contributed by atoms with Crippen molar-refractivity contribution in [3.63, 3.8) is 0 Å². The standard InChI is InChI=1S/C22H28N2O4/c1-5-7-9-10-14-28-18-13-12-17(16-25)19(15-18)22(27)24(4)20(11-8-6-2)21(26)23-3/h1,6,12-13,15-16,20H,2,7-11,14H2,3-4H3,(H,23,26). The third-order valence-corrected chi connectivity index (χ3v) is 4.35. The average molecular weight is 384 g/mol. The Bertz CT molecular complexity index is 737. The number of hydrogen-bond acceptors (Lipinski definition) is 4. The Morgan fingerprint density at radius 3 is 2.75 bits per heavy atom. The average Bonchev–Trinajstić information content (AvgIpc) is 2.72. The summed E-state index contributed by atoms with van der Waals surface area (Å²) < 4.78 is 5.67. The zero-order valence-electron chi connectivity index (χ0n) is 16.6. The molecular weight excluding hydrogens is 356 g/mol. The number of benzene rings is 1. The summed E-state index contributed by atoms with van der Waals surface area (Å²) in [5, 5.41) is 2.57. The minimum absolute atomic E-state index is 0.200. The lowest BCUT2D eigenvalue weighted by Gasteiger charge is -2.27. The second kappa shape index (κ2) is 12.3. The first kappa shape index (κ1) is 23.0. The molecule has 6 nitrogen and oxygen atoms in total. The lowest BCUT2D eigenvalue weighted by atomic mass is 10.0. The third-order valence-electron chi connectivity index (χ3n) is 4.35. The fourth-order valence-electron chi connectivity index (χ4n) is 2.71. The number of hydrogen-bond donors (Lipinski definition) is 1. The van der Waals surface area contributed by atoms with Crippen molar-refractivity contribution in [1.29, 1.82) is 0 Å². The Kier molecular flexibility index (Phi) is 10.1. The fraction of sp³-hybridized carbons (Fsp3) is 0.409. The van der Waals surface area contributed by atoms with Gasteiger partial charge in [-0.2, -0.15) is 0 Å². The molecule has 2 amide bonds. The van der Waals surface area contributed by atoms with Gasteiger partial charge in [0.25, 0.3) is 5.91 Å². The summed E-state index contributed by atoms with van der Waals surface area (Å²) in [6.45, 7) is 4.12. The van der Waals surface area contributed by atoms with Gasteiger partial charge in [0, 0.05) is 26.1 Å². The van der Waals surface area contributed by atoms with E-state index < -0.39 is 11.9 Å². The highest BCUT2D eigenvalue weighted by molar-refractivity contribution is 6.03. The molecule has 0 bridgehead atoms. The molecule has 1 N–H and O–H groups in total. The molecule has 0 aliphatic heterocycles. The molecule has 0 saturated heterocycles. The highest BCUT2D eigenvalue weighted by atomic mass is 16.5. The van der Waals surface area contributed by atoms with Gasteiger partial charge in [-0.3, -0.25) is 14.4 Å². The van der Waals surface area contributed by atoms with Crippen LogP contribution in [0.1, 0.15) is 52.8 Å². The van der Waals surface area contributed by atoms with Crippen molar-refractivity contribution in [3.05, 3.63) is 42.0 Å². The Morgan fingerprint density at radius 1 is 1.39 bits per heavy atom. The summed E-state index contributed by atoms with van der Waals surface area (Å²) in [5.74, 6) is 2.37. The van der Waals surface area contributed by atoms with Crippen LogP contribution in [0.2, 0.25) is 0 Å². The maximum Gasteiger partial charge on any atom is 0.255 e. The van der Waals surface area contributed by atoms with Gasteiger partial charge in [-0.1, -0.05) is 6.08 Å². The first-order valence-corrected chi connectivity index (χ1v) is 9.25. The Balaban J connectivity index is 3.00. The van der Waals surface area contributed by atoms with E-state index in [2.05, 4.69) is 17.8 Å². The summed E-state index contributed by atoms with van der Waals surface area (Å²) in [7, 11) is 3.07. The van der Waals surface area contributed by atoms with Gasteiger partial charge < -0.3 is 15.0 Å². The van der Waals surface area contributed by atoms with Gasteiger partial charge in [-0.05, 0) is 43.9 Å². The molecule has 0 spiro atoms. The van der Waals surface area contributed by atoms with Gasteiger partial charge in [0.15, 0.2) is 6.29 Å². The van der Waals surface area contributed by atoms with Crippen LogP contribution >= 0.6 is 0 Å². The van der Waals surface area contributed by atoms with Crippen LogP contribution in [-0.2, 0) is 4.79 Å². The normalized spacial score (nSPS) is 11.0. The zero-order valence-corrected chi connectivity index (χ0v) is 16.6. The molecule has 0 radical (unpaired) electrons. The van der Waals surface area contributed by atoms with Crippen LogP contribution in [-0.4, -0.2) is 49.7 Å². The van der Waals surface area contributed by atoms with E-state index >= 15 is 0 Å². The SMILES string of the molecule is C#CCCCCOc1ccc(C=O)c(C(=O)N(C)C(CCC=C)C(=O)NC)c1. The van der Waals surface area contributed by atoms with Crippen LogP contribution < -0.4 is 10.1 Å². The molecule has 6 heteroatoms. The molecule has 1 aromatic carbocycles. The predicted molar refractivity (Wildman–Crippen MR) is 109 cm³/mol. The summed E-state index contributed by atoms with van der Waals surface area (Å²) in [5.41, 5.74) is 0.446. The number of likely N-dealkylation sites (N-methyl/N-ethyl adjacent to an activating group) is 2. The molecule has 0 aromatic heterocycles. The Morgan fingerprint density at radius 2 is 2.14 bits per heavy atom. The van der Waals surface area contributed by atoms with Crippen LogP contribution in [0.5, 0.6) is 5.75 Å². The molecule has 0 heterocycles. The smallest absolute Gasteiger partial charge is 0.255 e. The number of ether oxygens (including phenoxy) is 1. The first-order chi connectivity index (χ1) is 13.5. The molecule has 0 fully saturated rings. The van der Waals surface area contributed by atoms with Gasteiger partial charge in [-0.15, -0.1) is 18.9 Å². The van der Waals surface area contributed by atoms with E-state index in [1.165, 1.54) is 18.0 Å². The van der Waals surface area contributed by atoms with Gasteiger partial charge >= 0.3 is 0 Å². The number of rotatable bonds is 12. The number of allylic oxidation sites excluding steroid dienone is 1. The Hall–Kier alpha value is -3.07. The summed E-state index contributed by atoms with van der Waals surface area (Å²) in [6, 6.07) is 4.07. The molecule has 0 aliphatic carbocycles. The van der Waals surface area contributed by atoms with Crippen LogP contribution in [0.15, 0.2) is 30.9 Å². The summed E-state index contributed by atoms with van der Waals surface area (Å²) in [4.78, 5) is 38.0. The van der Waals surface area contributed by atoms with Gasteiger partial charge in [0.1, 0.15) is 11.8 Å². The van der Waals surface area contributed by atoms with E-state index in [1.807, 2.05) is 0 Å². The maximum atomic E-state index is 13.0. The molecule has 1 atom stereocenters. The molecule has 0 aliphatic rings. The third kappa shape index (κ3) is 6.58. The van der Waals surface area contributed by atoms with E-state index in [0.29, 0.717) is 37.9 Å². The fourth-order valence-corrected chi connectivity index (χ4v) is 2.71. The van der Waals surface area contributed by atoms with Crippen molar-refractivity contribution in [3.8, 4) is 18.1 Å². The molecule has 150 valence electrons. The number of nitrogens with zero attached hydrogens (tertiary/aromatic N) is 1. The van der Waals surface area contributed by atoms with Crippen LogP contribution in [0.3, 0.4) is 0 Å². The molecular formula is C22H28N2O4. The Labute approximate surface area is 166 Å². The van der Waals surface area contributed by atoms with E-state index in [-0.39, 0.29) is 17.0 Å². The monoisotopic (exact) mass is 384 g/mol. The number of terminal acetylenes is 1. The van der Waals surface area contributed by atoms with Crippen molar-refractivity contribution < 1.29 is 19.1 Å². The van der Waals surface area contributed by atoms with Crippen molar-refractivity contribution in [2.45, 2.75) is 38.1 Å². The summed E-state index contributed by atoms with van der Waals surface area (Å²) in [6.07, 6.45) is 10.9. The van der Waals surface area contributed by atoms with Crippen LogP contribution in [0, 0.1) is 12.3 Å². The second-order valence-electron chi connectivity index (χ2n) is 6.29. The van der Waals surface area contributed by atoms with E-state index in [4.69, 9.17) is 11.2 Å². The number of carbonyl (C=O) groups is 3. The van der Waals surface area contributed by atoms with Crippen LogP contribution in [0.4, 0.5) is 0 Å². The predicted octanol–water partition coefficient (Wildman–Crippen LogP) is 2.83. The highest BCUT2D eigenvalue weighted by Crippen LogP contribution is 2.20. The quantitative estimate of drug-likeness (QED) is 0.260. The van der Waals surface area contributed by atoms with Crippen molar-refractivity contribution >= 4 is 18.1 Å². The number of amides is 2. The topological polar surface area (TPSA) is 75.7 Å². The lowest BCUT2D eigenvalue weighted by Crippen LogP contribution is -2.47. The minimum atomic E-state index is -0.664. The highest BCUT2D eigenvalue weighted by Gasteiger charge is 2.27. The number of nitrogens with one attached hydrogen (secondary N) is 1. The number of unbranched alkanes of at least 4 members (excludes halogenated alkanes) is 2. The van der Waals surface area contributed by atoms with E-state index in [0.717, 1.165) is 12.8 Å². The lowest BCUT2D eigenvalue weighted by molar-refractivity contribution is -0.125. The van der Waals surface area contributed by atoms with Gasteiger partial charge in [0.2, 0.25) is 5.91 Å². The first-order valence-electron chi connectivity index (χ1n) is 9.25. The van der Waals surface area contributed by atoms with Crippen molar-refractivity contribution in [2.75, 3.05) is 20.7 Å². The second-order valence-corrected chi connectivity index (χ2v) is 6.29. The molecule has 1 unspecified atom stereocenters. The largest absolute Gasteiger partial charge is 0.494 e. The van der Waals surface area contributed by atoms with Crippen molar-refractivity contribution in [1.82, 2.24) is 10.2 Å². The van der Waals surface area contributed by atoms with E-state index in [9.17, 15) is 14.4 Å². The summed E-state index contributed by atoms with van der Waals surface area (Å²) >= 11 is 0. The number of carbonyl (C=O) groups excluding carboxylic acids is 3. The van der Waals surface area contributed by atoms with Crippen molar-refractivity contribution in [2.24, 2.45) is 0 Å². The van der Waals surface area contributed by atoms with E-state index in [1.54, 1.807) is 25.3 Å². The zero-order chi connectivity index (χ0) is 20.9. The molecule has 1 aromatic rings. The maximum absolute atomic E-state index is 13.0. The van der Waals surface area contributed by atoms with Gasteiger partial charge in [-0.25, -0.2) is 0 Å². The molecule has 28 heavy (non-hydrogen) atoms. The van der Waals surface area contributed by atoms with Crippen LogP contribution in [0.25, 0.3) is 0 Å². The van der Waals surface area contributed by atoms with Gasteiger partial charge in [0.05, 0.1) is 12.2 Å². The molecule has 0 saturated carbocycles. The molecule has 1 rings (SSSR count).